The topological polar surface area (TPSA) is 189 Å². The minimum atomic E-state index is -4.49. The molecule has 0 atom stereocenters. The SMILES string of the molecule is CCn1cc(-c2cccc(C(F)(F)F)c2)c2sc(C(N)=NC3CCS(=O)(=O)CC3)cc2c1=O.CCn1cc(-c2cccc(C(F)(F)F)c2)c2sc(C(N)=NC3CCS(=O)(=O)CC3)cc2c1=O. The Bertz CT molecular complexity index is 3000. The molecule has 0 radical (unpaired) electrons. The van der Waals surface area contributed by atoms with Crippen LogP contribution in [0.4, 0.5) is 26.3 Å². The lowest BCUT2D eigenvalue weighted by atomic mass is 10.0. The molecule has 8 rings (SSSR count). The van der Waals surface area contributed by atoms with Gasteiger partial charge in [-0.05, 0) is 87.1 Å². The molecule has 4 N–H and O–H groups in total. The molecule has 2 aliphatic heterocycles. The van der Waals surface area contributed by atoms with Gasteiger partial charge in [-0.15, -0.1) is 22.7 Å². The lowest BCUT2D eigenvalue weighted by Gasteiger charge is -2.18. The van der Waals surface area contributed by atoms with Gasteiger partial charge in [0.25, 0.3) is 11.1 Å². The van der Waals surface area contributed by atoms with Gasteiger partial charge in [-0.2, -0.15) is 26.3 Å². The molecule has 0 bridgehead atoms. The number of aryl methyl sites for hydroxylation is 2. The van der Waals surface area contributed by atoms with E-state index in [2.05, 4.69) is 9.98 Å². The van der Waals surface area contributed by atoms with Crippen LogP contribution in [0.3, 0.4) is 0 Å². The predicted molar refractivity (Wildman–Crippen MR) is 249 cm³/mol. The minimum Gasteiger partial charge on any atom is -0.383 e. The Hall–Kier alpha value is -5.32. The highest BCUT2D eigenvalue weighted by Gasteiger charge is 2.32. The zero-order valence-corrected chi connectivity index (χ0v) is 38.7. The Kier molecular flexibility index (Phi) is 13.8. The number of aromatic nitrogens is 2. The van der Waals surface area contributed by atoms with Gasteiger partial charge in [-0.3, -0.25) is 19.6 Å². The second kappa shape index (κ2) is 18.8. The van der Waals surface area contributed by atoms with E-state index >= 15 is 0 Å². The maximum absolute atomic E-state index is 13.3. The number of rotatable bonds is 8. The monoisotopic (exact) mass is 994 g/mol. The van der Waals surface area contributed by atoms with Crippen LogP contribution in [0.1, 0.15) is 60.4 Å². The molecule has 22 heteroatoms. The van der Waals surface area contributed by atoms with Crippen molar-refractivity contribution in [3.8, 4) is 22.3 Å². The quantitative estimate of drug-likeness (QED) is 0.0869. The molecule has 2 aromatic carbocycles. The summed E-state index contributed by atoms with van der Waals surface area (Å²) in [7, 11) is -6.06. The van der Waals surface area contributed by atoms with Crippen LogP contribution in [0, 0.1) is 0 Å². The van der Waals surface area contributed by atoms with Crippen LogP contribution < -0.4 is 22.6 Å². The van der Waals surface area contributed by atoms with Crippen molar-refractivity contribution >= 4 is 74.2 Å². The summed E-state index contributed by atoms with van der Waals surface area (Å²) in [5.74, 6) is 0.614. The number of sulfone groups is 2. The fourth-order valence-corrected chi connectivity index (χ4v) is 12.9. The number of hydrogen-bond acceptors (Lipinski definition) is 10. The van der Waals surface area contributed by atoms with E-state index in [-0.39, 0.29) is 57.9 Å². The summed E-state index contributed by atoms with van der Waals surface area (Å²) in [5.41, 5.74) is 12.0. The van der Waals surface area contributed by atoms with Crippen molar-refractivity contribution in [3.05, 3.63) is 115 Å². The van der Waals surface area contributed by atoms with Gasteiger partial charge in [0.05, 0.1) is 66.7 Å². The van der Waals surface area contributed by atoms with Gasteiger partial charge in [0.1, 0.15) is 31.3 Å². The molecule has 0 spiro atoms. The summed E-state index contributed by atoms with van der Waals surface area (Å²) in [6.07, 6.45) is -4.31. The third-order valence-corrected chi connectivity index (χ3v) is 17.2. The van der Waals surface area contributed by atoms with E-state index in [1.165, 1.54) is 43.9 Å². The molecule has 6 aromatic rings. The molecule has 0 saturated carbocycles. The molecule has 2 aliphatic rings. The number of pyridine rings is 2. The van der Waals surface area contributed by atoms with Gasteiger partial charge in [0, 0.05) is 46.0 Å². The molecular weight excluding hydrogens is 951 g/mol. The molecular formula is C44H44F6N6O6S4. The van der Waals surface area contributed by atoms with E-state index in [0.29, 0.717) is 91.0 Å². The van der Waals surface area contributed by atoms with Crippen molar-refractivity contribution in [2.24, 2.45) is 21.5 Å². The van der Waals surface area contributed by atoms with E-state index in [4.69, 9.17) is 11.5 Å². The van der Waals surface area contributed by atoms with Gasteiger partial charge < -0.3 is 20.6 Å². The molecule has 2 saturated heterocycles. The number of alkyl halides is 6. The highest BCUT2D eigenvalue weighted by Crippen LogP contribution is 2.39. The van der Waals surface area contributed by atoms with E-state index in [1.54, 1.807) is 50.5 Å². The first-order valence-corrected chi connectivity index (χ1v) is 26.0. The summed E-state index contributed by atoms with van der Waals surface area (Å²) < 4.78 is 130. The highest BCUT2D eigenvalue weighted by atomic mass is 32.2. The van der Waals surface area contributed by atoms with Crippen LogP contribution in [-0.4, -0.2) is 72.7 Å². The van der Waals surface area contributed by atoms with E-state index in [0.717, 1.165) is 24.3 Å². The first kappa shape index (κ1) is 48.6. The lowest BCUT2D eigenvalue weighted by Crippen LogP contribution is -2.27. The zero-order valence-electron chi connectivity index (χ0n) is 35.4. The fourth-order valence-electron chi connectivity index (χ4n) is 7.75. The molecule has 6 heterocycles. The number of halogens is 6. The smallest absolute Gasteiger partial charge is 0.383 e. The predicted octanol–water partition coefficient (Wildman–Crippen LogP) is 8.10. The lowest BCUT2D eigenvalue weighted by molar-refractivity contribution is -0.138. The van der Waals surface area contributed by atoms with Crippen LogP contribution >= 0.6 is 22.7 Å². The third kappa shape index (κ3) is 10.8. The molecule has 12 nitrogen and oxygen atoms in total. The van der Waals surface area contributed by atoms with Gasteiger partial charge in [-0.25, -0.2) is 16.8 Å². The van der Waals surface area contributed by atoms with Gasteiger partial charge in [-0.1, -0.05) is 24.3 Å². The van der Waals surface area contributed by atoms with E-state index < -0.39 is 43.2 Å². The van der Waals surface area contributed by atoms with Crippen LogP contribution in [0.25, 0.3) is 42.4 Å². The zero-order chi connectivity index (χ0) is 47.9. The molecule has 2 fully saturated rings. The number of hydrogen-bond donors (Lipinski definition) is 2. The van der Waals surface area contributed by atoms with Gasteiger partial charge in [0.2, 0.25) is 0 Å². The normalized spacial score (nSPS) is 17.5. The van der Waals surface area contributed by atoms with Crippen LogP contribution in [0.5, 0.6) is 0 Å². The highest BCUT2D eigenvalue weighted by molar-refractivity contribution is 7.91. The average molecular weight is 995 g/mol. The van der Waals surface area contributed by atoms with Crippen molar-refractivity contribution in [2.75, 3.05) is 23.0 Å². The number of fused-ring (bicyclic) bond motifs is 2. The number of nitrogens with zero attached hydrogens (tertiary/aromatic N) is 4. The summed E-state index contributed by atoms with van der Waals surface area (Å²) >= 11 is 2.39. The summed E-state index contributed by atoms with van der Waals surface area (Å²) in [6.45, 7) is 4.27. The first-order chi connectivity index (χ1) is 31.0. The summed E-state index contributed by atoms with van der Waals surface area (Å²) in [5, 5.41) is 0.715. The number of nitrogens with two attached hydrogens (primary N) is 2. The minimum absolute atomic E-state index is 0.0573. The Morgan fingerprint density at radius 1 is 0.621 bits per heavy atom. The number of thiophene rings is 2. The van der Waals surface area contributed by atoms with Crippen molar-refractivity contribution < 1.29 is 43.2 Å². The first-order valence-electron chi connectivity index (χ1n) is 20.7. The summed E-state index contributed by atoms with van der Waals surface area (Å²) in [4.78, 5) is 35.8. The molecule has 0 unspecified atom stereocenters. The van der Waals surface area contributed by atoms with Crippen molar-refractivity contribution in [1.29, 1.82) is 0 Å². The maximum atomic E-state index is 13.3. The van der Waals surface area contributed by atoms with Crippen molar-refractivity contribution in [1.82, 2.24) is 9.13 Å². The standard InChI is InChI=1S/2C22H22F3N3O3S2/c2*1-2-28-12-17(13-4-3-5-14(10-13)22(23,24)25)19-16(21(28)29)11-18(32-19)20(26)27-15-6-8-33(30,31)9-7-15/h2*3-5,10-12,15H,2,6-9H2,1H3,(H2,26,27). The largest absolute Gasteiger partial charge is 0.416 e. The van der Waals surface area contributed by atoms with E-state index in [1.807, 2.05) is 0 Å². The van der Waals surface area contributed by atoms with Crippen molar-refractivity contribution in [3.63, 3.8) is 0 Å². The number of benzene rings is 2. The summed E-state index contributed by atoms with van der Waals surface area (Å²) in [6, 6.07) is 12.8. The van der Waals surface area contributed by atoms with Crippen molar-refractivity contribution in [2.45, 2.75) is 77.1 Å². The molecule has 66 heavy (non-hydrogen) atoms. The second-order valence-corrected chi connectivity index (χ2v) is 22.6. The van der Waals surface area contributed by atoms with Crippen LogP contribution in [0.15, 0.2) is 92.6 Å². The molecule has 4 aromatic heterocycles. The Morgan fingerprint density at radius 3 is 1.29 bits per heavy atom. The number of amidine groups is 2. The maximum Gasteiger partial charge on any atom is 0.416 e. The molecule has 352 valence electrons. The molecule has 0 aliphatic carbocycles. The molecule has 0 amide bonds. The van der Waals surface area contributed by atoms with Crippen LogP contribution in [-0.2, 0) is 45.1 Å². The Balaban J connectivity index is 0.000000196. The Labute approximate surface area is 383 Å². The fraction of sp³-hybridized carbons (Fsp3) is 0.364. The van der Waals surface area contributed by atoms with Gasteiger partial charge >= 0.3 is 12.4 Å². The van der Waals surface area contributed by atoms with Crippen LogP contribution in [0.2, 0.25) is 0 Å². The second-order valence-electron chi connectivity index (χ2n) is 15.9. The third-order valence-electron chi connectivity index (χ3n) is 11.4. The number of aliphatic imine (C=N–C) groups is 2. The Morgan fingerprint density at radius 2 is 0.970 bits per heavy atom. The van der Waals surface area contributed by atoms with E-state index in [9.17, 15) is 52.8 Å². The average Bonchev–Trinajstić information content (AvgIpc) is 3.93. The van der Waals surface area contributed by atoms with Gasteiger partial charge in [0.15, 0.2) is 0 Å².